The highest BCUT2D eigenvalue weighted by Gasteiger charge is 2.14. The van der Waals surface area contributed by atoms with Gasteiger partial charge in [-0.3, -0.25) is 0 Å². The highest BCUT2D eigenvalue weighted by atomic mass is 14.2. The molecule has 0 aliphatic carbocycles. The first-order chi connectivity index (χ1) is 9.93. The van der Waals surface area contributed by atoms with Gasteiger partial charge in [0.15, 0.2) is 0 Å². The molecule has 97 valence electrons. The van der Waals surface area contributed by atoms with Crippen molar-refractivity contribution in [2.75, 3.05) is 0 Å². The molecule has 0 nitrogen and oxygen atoms in total. The van der Waals surface area contributed by atoms with Gasteiger partial charge in [0, 0.05) is 5.92 Å². The van der Waals surface area contributed by atoms with Crippen LogP contribution in [0.2, 0.25) is 0 Å². The SMILES string of the molecule is [c]1ccc(CC(c2ccccc2)c2ccccc2)cc1. The van der Waals surface area contributed by atoms with Gasteiger partial charge in [-0.2, -0.15) is 0 Å². The van der Waals surface area contributed by atoms with Crippen LogP contribution in [0.5, 0.6) is 0 Å². The van der Waals surface area contributed by atoms with Crippen LogP contribution in [0, 0.1) is 6.07 Å². The molecule has 3 aromatic carbocycles. The van der Waals surface area contributed by atoms with Gasteiger partial charge in [0.25, 0.3) is 0 Å². The molecule has 3 rings (SSSR count). The first-order valence-electron chi connectivity index (χ1n) is 6.98. The maximum Gasteiger partial charge on any atom is 0.0130 e. The quantitative estimate of drug-likeness (QED) is 0.626. The van der Waals surface area contributed by atoms with Gasteiger partial charge >= 0.3 is 0 Å². The molecule has 20 heavy (non-hydrogen) atoms. The number of rotatable bonds is 4. The monoisotopic (exact) mass is 257 g/mol. The molecule has 0 unspecified atom stereocenters. The minimum atomic E-state index is 0.403. The Kier molecular flexibility index (Phi) is 3.93. The topological polar surface area (TPSA) is 0 Å². The molecular weight excluding hydrogens is 240 g/mol. The summed E-state index contributed by atoms with van der Waals surface area (Å²) in [7, 11) is 0. The largest absolute Gasteiger partial charge is 0.0622 e. The minimum Gasteiger partial charge on any atom is -0.0622 e. The van der Waals surface area contributed by atoms with Gasteiger partial charge in [0.2, 0.25) is 0 Å². The van der Waals surface area contributed by atoms with Crippen LogP contribution in [0.15, 0.2) is 84.9 Å². The molecule has 0 fully saturated rings. The summed E-state index contributed by atoms with van der Waals surface area (Å²) in [6.07, 6.45) is 1.02. The van der Waals surface area contributed by atoms with Crippen molar-refractivity contribution in [1.82, 2.24) is 0 Å². The lowest BCUT2D eigenvalue weighted by Gasteiger charge is -2.18. The molecule has 1 radical (unpaired) electrons. The number of hydrogen-bond donors (Lipinski definition) is 0. The lowest BCUT2D eigenvalue weighted by atomic mass is 9.86. The Hall–Kier alpha value is -2.34. The van der Waals surface area contributed by atoms with E-state index in [2.05, 4.69) is 78.9 Å². The van der Waals surface area contributed by atoms with Crippen LogP contribution in [0.4, 0.5) is 0 Å². The Morgan fingerprint density at radius 1 is 0.650 bits per heavy atom. The fourth-order valence-electron chi connectivity index (χ4n) is 2.59. The average Bonchev–Trinajstić information content (AvgIpc) is 2.55. The van der Waals surface area contributed by atoms with Gasteiger partial charge in [-0.15, -0.1) is 0 Å². The molecule has 0 spiro atoms. The summed E-state index contributed by atoms with van der Waals surface area (Å²) in [6, 6.07) is 32.8. The highest BCUT2D eigenvalue weighted by Crippen LogP contribution is 2.28. The molecule has 0 heteroatoms. The Morgan fingerprint density at radius 2 is 1.15 bits per heavy atom. The summed E-state index contributed by atoms with van der Waals surface area (Å²) in [6.45, 7) is 0. The maximum absolute atomic E-state index is 3.09. The molecule has 0 bridgehead atoms. The van der Waals surface area contributed by atoms with E-state index in [0.717, 1.165) is 6.42 Å². The summed E-state index contributed by atoms with van der Waals surface area (Å²) in [5, 5.41) is 0. The van der Waals surface area contributed by atoms with E-state index in [1.54, 1.807) is 0 Å². The van der Waals surface area contributed by atoms with Crippen molar-refractivity contribution in [3.05, 3.63) is 108 Å². The second-order valence-corrected chi connectivity index (χ2v) is 4.99. The van der Waals surface area contributed by atoms with Crippen molar-refractivity contribution in [3.63, 3.8) is 0 Å². The Balaban J connectivity index is 1.96. The number of benzene rings is 3. The molecule has 0 aromatic heterocycles. The van der Waals surface area contributed by atoms with Crippen LogP contribution >= 0.6 is 0 Å². The van der Waals surface area contributed by atoms with Crippen LogP contribution in [-0.4, -0.2) is 0 Å². The molecular formula is C20H17. The third-order valence-electron chi connectivity index (χ3n) is 3.63. The van der Waals surface area contributed by atoms with E-state index in [-0.39, 0.29) is 0 Å². The third kappa shape index (κ3) is 2.97. The lowest BCUT2D eigenvalue weighted by molar-refractivity contribution is 0.805. The van der Waals surface area contributed by atoms with Crippen molar-refractivity contribution >= 4 is 0 Å². The first-order valence-corrected chi connectivity index (χ1v) is 6.98. The van der Waals surface area contributed by atoms with Crippen LogP contribution in [0.25, 0.3) is 0 Å². The second-order valence-electron chi connectivity index (χ2n) is 4.99. The molecule has 0 aliphatic heterocycles. The van der Waals surface area contributed by atoms with E-state index >= 15 is 0 Å². The van der Waals surface area contributed by atoms with Crippen molar-refractivity contribution in [2.45, 2.75) is 12.3 Å². The zero-order valence-electron chi connectivity index (χ0n) is 11.4. The standard InChI is InChI=1S/C20H17/c1-4-10-17(11-5-1)16-20(18-12-6-2-7-13-18)19-14-8-3-9-15-19/h2-15,20H,16H2. The van der Waals surface area contributed by atoms with Gasteiger partial charge < -0.3 is 0 Å². The minimum absolute atomic E-state index is 0.403. The summed E-state index contributed by atoms with van der Waals surface area (Å²) in [5.41, 5.74) is 4.08. The summed E-state index contributed by atoms with van der Waals surface area (Å²) in [5.74, 6) is 0.403. The van der Waals surface area contributed by atoms with Crippen molar-refractivity contribution in [3.8, 4) is 0 Å². The fraction of sp³-hybridized carbons (Fsp3) is 0.100. The second kappa shape index (κ2) is 6.21. The smallest absolute Gasteiger partial charge is 0.0130 e. The van der Waals surface area contributed by atoms with E-state index in [9.17, 15) is 0 Å². The molecule has 0 amide bonds. The molecule has 0 atom stereocenters. The van der Waals surface area contributed by atoms with Crippen molar-refractivity contribution in [1.29, 1.82) is 0 Å². The zero-order valence-corrected chi connectivity index (χ0v) is 11.4. The summed E-state index contributed by atoms with van der Waals surface area (Å²) >= 11 is 0. The van der Waals surface area contributed by atoms with E-state index in [1.807, 2.05) is 12.1 Å². The van der Waals surface area contributed by atoms with Gasteiger partial charge in [-0.1, -0.05) is 84.9 Å². The Morgan fingerprint density at radius 3 is 1.65 bits per heavy atom. The van der Waals surface area contributed by atoms with Gasteiger partial charge in [0.05, 0.1) is 0 Å². The van der Waals surface area contributed by atoms with Crippen LogP contribution in [-0.2, 0) is 6.42 Å². The van der Waals surface area contributed by atoms with Gasteiger partial charge in [-0.25, -0.2) is 0 Å². The predicted molar refractivity (Wildman–Crippen MR) is 83.7 cm³/mol. The van der Waals surface area contributed by atoms with Crippen LogP contribution in [0.3, 0.4) is 0 Å². The molecule has 0 saturated carbocycles. The van der Waals surface area contributed by atoms with Crippen molar-refractivity contribution in [2.24, 2.45) is 0 Å². The lowest BCUT2D eigenvalue weighted by Crippen LogP contribution is -2.04. The molecule has 0 heterocycles. The first kappa shape index (κ1) is 12.7. The molecule has 0 aliphatic rings. The van der Waals surface area contributed by atoms with E-state index < -0.39 is 0 Å². The third-order valence-corrected chi connectivity index (χ3v) is 3.63. The van der Waals surface area contributed by atoms with E-state index in [1.165, 1.54) is 16.7 Å². The molecule has 0 saturated heterocycles. The van der Waals surface area contributed by atoms with Crippen LogP contribution < -0.4 is 0 Å². The van der Waals surface area contributed by atoms with E-state index in [4.69, 9.17) is 0 Å². The van der Waals surface area contributed by atoms with Crippen LogP contribution in [0.1, 0.15) is 22.6 Å². The fourth-order valence-corrected chi connectivity index (χ4v) is 2.59. The normalized spacial score (nSPS) is 10.7. The van der Waals surface area contributed by atoms with Gasteiger partial charge in [0.1, 0.15) is 0 Å². The molecule has 0 N–H and O–H groups in total. The summed E-state index contributed by atoms with van der Waals surface area (Å²) in [4.78, 5) is 0. The zero-order chi connectivity index (χ0) is 13.6. The van der Waals surface area contributed by atoms with E-state index in [0.29, 0.717) is 5.92 Å². The maximum atomic E-state index is 3.09. The summed E-state index contributed by atoms with van der Waals surface area (Å²) < 4.78 is 0. The van der Waals surface area contributed by atoms with Gasteiger partial charge in [-0.05, 0) is 29.2 Å². The Labute approximate surface area is 120 Å². The number of hydrogen-bond acceptors (Lipinski definition) is 0. The highest BCUT2D eigenvalue weighted by molar-refractivity contribution is 5.34. The average molecular weight is 257 g/mol. The molecule has 3 aromatic rings. The predicted octanol–water partition coefficient (Wildman–Crippen LogP) is 4.86. The Bertz CT molecular complexity index is 587. The van der Waals surface area contributed by atoms with Crippen molar-refractivity contribution < 1.29 is 0 Å².